The molecule has 1 nitrogen and oxygen atoms in total. The van der Waals surface area contributed by atoms with Gasteiger partial charge >= 0.3 is 0 Å². The SMILES string of the molecule is CCCNc1ccc(C2=CC(C)=CCC2)cc1. The molecule has 0 amide bonds. The molecule has 0 spiro atoms. The van der Waals surface area contributed by atoms with E-state index in [1.54, 1.807) is 0 Å². The Labute approximate surface area is 104 Å². The molecule has 0 fully saturated rings. The van der Waals surface area contributed by atoms with Gasteiger partial charge in [-0.15, -0.1) is 0 Å². The molecule has 0 radical (unpaired) electrons. The van der Waals surface area contributed by atoms with Crippen LogP contribution in [0.25, 0.3) is 5.57 Å². The number of allylic oxidation sites excluding steroid dienone is 4. The summed E-state index contributed by atoms with van der Waals surface area (Å²) in [6.07, 6.45) is 8.11. The van der Waals surface area contributed by atoms with Crippen LogP contribution < -0.4 is 5.32 Å². The first kappa shape index (κ1) is 12.0. The van der Waals surface area contributed by atoms with E-state index in [4.69, 9.17) is 0 Å². The molecule has 0 bridgehead atoms. The van der Waals surface area contributed by atoms with Gasteiger partial charge in [-0.25, -0.2) is 0 Å². The lowest BCUT2D eigenvalue weighted by molar-refractivity contribution is 0.979. The van der Waals surface area contributed by atoms with Crippen molar-refractivity contribution in [3.8, 4) is 0 Å². The average molecular weight is 227 g/mol. The van der Waals surface area contributed by atoms with Crippen LogP contribution in [-0.4, -0.2) is 6.54 Å². The molecular weight excluding hydrogens is 206 g/mol. The quantitative estimate of drug-likeness (QED) is 0.790. The van der Waals surface area contributed by atoms with Crippen LogP contribution in [0.15, 0.2) is 42.0 Å². The highest BCUT2D eigenvalue weighted by Crippen LogP contribution is 2.27. The van der Waals surface area contributed by atoms with Gasteiger partial charge in [0.25, 0.3) is 0 Å². The summed E-state index contributed by atoms with van der Waals surface area (Å²) in [6.45, 7) is 5.41. The van der Waals surface area contributed by atoms with Crippen molar-refractivity contribution in [3.05, 3.63) is 47.6 Å². The maximum absolute atomic E-state index is 3.40. The second kappa shape index (κ2) is 5.72. The number of hydrogen-bond acceptors (Lipinski definition) is 1. The zero-order valence-corrected chi connectivity index (χ0v) is 10.8. The van der Waals surface area contributed by atoms with Crippen molar-refractivity contribution in [1.82, 2.24) is 0 Å². The lowest BCUT2D eigenvalue weighted by Gasteiger charge is -2.13. The fourth-order valence-corrected chi connectivity index (χ4v) is 2.16. The van der Waals surface area contributed by atoms with Crippen molar-refractivity contribution in [3.63, 3.8) is 0 Å². The van der Waals surface area contributed by atoms with Crippen molar-refractivity contribution < 1.29 is 0 Å². The summed E-state index contributed by atoms with van der Waals surface area (Å²) in [5, 5.41) is 3.40. The van der Waals surface area contributed by atoms with Crippen LogP contribution in [0, 0.1) is 0 Å². The van der Waals surface area contributed by atoms with Crippen molar-refractivity contribution in [1.29, 1.82) is 0 Å². The van der Waals surface area contributed by atoms with E-state index >= 15 is 0 Å². The van der Waals surface area contributed by atoms with Gasteiger partial charge in [0.05, 0.1) is 0 Å². The molecule has 2 rings (SSSR count). The van der Waals surface area contributed by atoms with E-state index in [9.17, 15) is 0 Å². The smallest absolute Gasteiger partial charge is 0.0340 e. The summed E-state index contributed by atoms with van der Waals surface area (Å²) in [5.74, 6) is 0. The van der Waals surface area contributed by atoms with E-state index in [0.29, 0.717) is 0 Å². The van der Waals surface area contributed by atoms with Gasteiger partial charge in [-0.05, 0) is 49.5 Å². The van der Waals surface area contributed by atoms with E-state index in [1.807, 2.05) is 0 Å². The molecule has 17 heavy (non-hydrogen) atoms. The Kier molecular flexibility index (Phi) is 4.03. The Bertz CT molecular complexity index is 423. The largest absolute Gasteiger partial charge is 0.385 e. The lowest BCUT2D eigenvalue weighted by atomic mass is 9.94. The number of nitrogens with one attached hydrogen (secondary N) is 1. The first-order valence-corrected chi connectivity index (χ1v) is 6.51. The summed E-state index contributed by atoms with van der Waals surface area (Å²) in [6, 6.07) is 8.81. The Morgan fingerprint density at radius 2 is 1.94 bits per heavy atom. The number of benzene rings is 1. The maximum atomic E-state index is 3.40. The summed E-state index contributed by atoms with van der Waals surface area (Å²) < 4.78 is 0. The highest BCUT2D eigenvalue weighted by Gasteiger charge is 2.05. The van der Waals surface area contributed by atoms with E-state index < -0.39 is 0 Å². The fraction of sp³-hybridized carbons (Fsp3) is 0.375. The minimum Gasteiger partial charge on any atom is -0.385 e. The van der Waals surface area contributed by atoms with Crippen LogP contribution in [0.2, 0.25) is 0 Å². The van der Waals surface area contributed by atoms with E-state index in [0.717, 1.165) is 13.0 Å². The molecule has 0 aliphatic heterocycles. The Balaban J connectivity index is 2.10. The van der Waals surface area contributed by atoms with Crippen LogP contribution in [0.1, 0.15) is 38.7 Å². The molecule has 0 unspecified atom stereocenters. The molecule has 1 heteroatoms. The third-order valence-electron chi connectivity index (χ3n) is 3.12. The topological polar surface area (TPSA) is 12.0 Å². The van der Waals surface area contributed by atoms with Crippen LogP contribution >= 0.6 is 0 Å². The van der Waals surface area contributed by atoms with E-state index in [2.05, 4.69) is 55.6 Å². The molecule has 1 aromatic carbocycles. The number of hydrogen-bond donors (Lipinski definition) is 1. The molecular formula is C16H21N. The molecule has 0 saturated heterocycles. The molecule has 0 atom stereocenters. The van der Waals surface area contributed by atoms with Gasteiger partial charge in [-0.1, -0.05) is 36.8 Å². The predicted molar refractivity (Wildman–Crippen MR) is 76.2 cm³/mol. The fourth-order valence-electron chi connectivity index (χ4n) is 2.16. The minimum absolute atomic E-state index is 1.05. The summed E-state index contributed by atoms with van der Waals surface area (Å²) in [4.78, 5) is 0. The van der Waals surface area contributed by atoms with Gasteiger partial charge < -0.3 is 5.32 Å². The normalized spacial score (nSPS) is 15.2. The summed E-state index contributed by atoms with van der Waals surface area (Å²) in [7, 11) is 0. The molecule has 90 valence electrons. The number of anilines is 1. The highest BCUT2D eigenvalue weighted by atomic mass is 14.9. The highest BCUT2D eigenvalue weighted by molar-refractivity contribution is 5.70. The van der Waals surface area contributed by atoms with Gasteiger partial charge in [0.1, 0.15) is 0 Å². The third-order valence-corrected chi connectivity index (χ3v) is 3.12. The van der Waals surface area contributed by atoms with Gasteiger partial charge in [-0.2, -0.15) is 0 Å². The van der Waals surface area contributed by atoms with E-state index in [1.165, 1.54) is 35.2 Å². The van der Waals surface area contributed by atoms with Gasteiger partial charge in [0.15, 0.2) is 0 Å². The van der Waals surface area contributed by atoms with Crippen LogP contribution in [0.5, 0.6) is 0 Å². The Hall–Kier alpha value is -1.50. The van der Waals surface area contributed by atoms with Crippen molar-refractivity contribution in [2.45, 2.75) is 33.1 Å². The summed E-state index contributed by atoms with van der Waals surface area (Å²) in [5.41, 5.74) is 5.44. The van der Waals surface area contributed by atoms with Crippen LogP contribution in [0.4, 0.5) is 5.69 Å². The molecule has 1 aliphatic carbocycles. The second-order valence-corrected chi connectivity index (χ2v) is 4.66. The first-order valence-electron chi connectivity index (χ1n) is 6.51. The molecule has 1 N–H and O–H groups in total. The maximum Gasteiger partial charge on any atom is 0.0340 e. The summed E-state index contributed by atoms with van der Waals surface area (Å²) >= 11 is 0. The average Bonchev–Trinajstić information content (AvgIpc) is 2.37. The van der Waals surface area contributed by atoms with Crippen molar-refractivity contribution >= 4 is 11.3 Å². The van der Waals surface area contributed by atoms with Crippen molar-refractivity contribution in [2.75, 3.05) is 11.9 Å². The van der Waals surface area contributed by atoms with E-state index in [-0.39, 0.29) is 0 Å². The van der Waals surface area contributed by atoms with Crippen molar-refractivity contribution in [2.24, 2.45) is 0 Å². The van der Waals surface area contributed by atoms with Gasteiger partial charge in [0, 0.05) is 12.2 Å². The second-order valence-electron chi connectivity index (χ2n) is 4.66. The minimum atomic E-state index is 1.05. The number of rotatable bonds is 4. The third kappa shape index (κ3) is 3.23. The predicted octanol–water partition coefficient (Wildman–Crippen LogP) is 4.63. The molecule has 0 aromatic heterocycles. The lowest BCUT2D eigenvalue weighted by Crippen LogP contribution is -1.99. The molecule has 0 heterocycles. The zero-order chi connectivity index (χ0) is 12.1. The Morgan fingerprint density at radius 3 is 2.59 bits per heavy atom. The monoisotopic (exact) mass is 227 g/mol. The molecule has 1 aromatic rings. The van der Waals surface area contributed by atoms with Crippen LogP contribution in [-0.2, 0) is 0 Å². The van der Waals surface area contributed by atoms with Crippen LogP contribution in [0.3, 0.4) is 0 Å². The molecule has 0 saturated carbocycles. The zero-order valence-electron chi connectivity index (χ0n) is 10.8. The first-order chi connectivity index (χ1) is 8.29. The standard InChI is InChI=1S/C16H21N/c1-3-11-17-16-9-7-14(8-10-16)15-6-4-5-13(2)12-15/h5,7-10,12,17H,3-4,6,11H2,1-2H3. The Morgan fingerprint density at radius 1 is 1.18 bits per heavy atom. The van der Waals surface area contributed by atoms with Gasteiger partial charge in [0.2, 0.25) is 0 Å². The molecule has 1 aliphatic rings. The van der Waals surface area contributed by atoms with Gasteiger partial charge in [-0.3, -0.25) is 0 Å².